The van der Waals surface area contributed by atoms with Crippen LogP contribution in [-0.2, 0) is 9.53 Å². The molecular formula is C13H16N2O3. The van der Waals surface area contributed by atoms with Gasteiger partial charge in [0.2, 0.25) is 0 Å². The summed E-state index contributed by atoms with van der Waals surface area (Å²) in [5.41, 5.74) is 0.293. The highest BCUT2D eigenvalue weighted by atomic mass is 16.6. The number of Topliss-reactive ketones (excluding diaryl/α,β-unsaturated/α-hetero) is 1. The number of allylic oxidation sites excluding steroid dienone is 2. The summed E-state index contributed by atoms with van der Waals surface area (Å²) in [4.78, 5) is 24.2. The number of rotatable bonds is 3. The lowest BCUT2D eigenvalue weighted by Crippen LogP contribution is -2.27. The van der Waals surface area contributed by atoms with Gasteiger partial charge in [0, 0.05) is 18.0 Å². The predicted molar refractivity (Wildman–Crippen MR) is 65.0 cm³/mol. The van der Waals surface area contributed by atoms with Gasteiger partial charge >= 0.3 is 6.09 Å². The van der Waals surface area contributed by atoms with Crippen LogP contribution >= 0.6 is 0 Å². The van der Waals surface area contributed by atoms with Gasteiger partial charge in [-0.1, -0.05) is 13.8 Å². The van der Waals surface area contributed by atoms with Gasteiger partial charge in [-0.05, 0) is 18.9 Å². The number of hydrogen-bond donors (Lipinski definition) is 0. The van der Waals surface area contributed by atoms with E-state index in [0.29, 0.717) is 12.2 Å². The molecular weight excluding hydrogens is 232 g/mol. The molecule has 0 saturated carbocycles. The van der Waals surface area contributed by atoms with E-state index in [0.717, 1.165) is 0 Å². The van der Waals surface area contributed by atoms with E-state index in [1.165, 1.54) is 30.3 Å². The van der Waals surface area contributed by atoms with E-state index in [1.807, 2.05) is 19.9 Å². The minimum Gasteiger partial charge on any atom is -0.449 e. The first-order valence-electron chi connectivity index (χ1n) is 5.71. The highest BCUT2D eigenvalue weighted by molar-refractivity contribution is 5.95. The van der Waals surface area contributed by atoms with E-state index in [1.54, 1.807) is 0 Å². The molecule has 0 aromatic carbocycles. The van der Waals surface area contributed by atoms with E-state index < -0.39 is 12.0 Å². The molecule has 0 N–H and O–H groups in total. The van der Waals surface area contributed by atoms with Crippen LogP contribution in [0.3, 0.4) is 0 Å². The highest BCUT2D eigenvalue weighted by Crippen LogP contribution is 2.20. The zero-order valence-corrected chi connectivity index (χ0v) is 10.7. The second-order valence-corrected chi connectivity index (χ2v) is 4.47. The molecule has 0 aliphatic carbocycles. The summed E-state index contributed by atoms with van der Waals surface area (Å²) in [5.74, 6) is -0.588. The molecule has 5 heteroatoms. The van der Waals surface area contributed by atoms with Crippen molar-refractivity contribution in [2.45, 2.75) is 20.8 Å². The van der Waals surface area contributed by atoms with E-state index in [-0.39, 0.29) is 11.7 Å². The standard InChI is InChI=1S/C13H16N2O3/c1-9(2)8-18-13(17)15-5-4-11(6-14)12(7-15)10(3)16/h4-5,7,9,11H,8H2,1-3H3. The van der Waals surface area contributed by atoms with Gasteiger partial charge in [-0.3, -0.25) is 9.69 Å². The lowest BCUT2D eigenvalue weighted by molar-refractivity contribution is -0.113. The van der Waals surface area contributed by atoms with Crippen LogP contribution < -0.4 is 0 Å². The molecule has 1 amide bonds. The van der Waals surface area contributed by atoms with Crippen molar-refractivity contribution in [3.63, 3.8) is 0 Å². The molecule has 0 bridgehead atoms. The van der Waals surface area contributed by atoms with Crippen molar-refractivity contribution in [1.29, 1.82) is 5.26 Å². The van der Waals surface area contributed by atoms with Crippen molar-refractivity contribution >= 4 is 11.9 Å². The Morgan fingerprint density at radius 1 is 1.56 bits per heavy atom. The van der Waals surface area contributed by atoms with Crippen molar-refractivity contribution in [3.8, 4) is 6.07 Å². The Morgan fingerprint density at radius 2 is 2.22 bits per heavy atom. The van der Waals surface area contributed by atoms with Crippen molar-refractivity contribution in [2.75, 3.05) is 6.61 Å². The average molecular weight is 248 g/mol. The van der Waals surface area contributed by atoms with Crippen LogP contribution in [0.5, 0.6) is 0 Å². The van der Waals surface area contributed by atoms with Gasteiger partial charge in [0.05, 0.1) is 18.6 Å². The Bertz CT molecular complexity index is 444. The smallest absolute Gasteiger partial charge is 0.417 e. The number of carbonyl (C=O) groups is 2. The Balaban J connectivity index is 2.78. The Kier molecular flexibility index (Phi) is 4.67. The lowest BCUT2D eigenvalue weighted by atomic mass is 9.96. The van der Waals surface area contributed by atoms with Crippen LogP contribution in [0.25, 0.3) is 0 Å². The molecule has 1 aliphatic rings. The van der Waals surface area contributed by atoms with Gasteiger partial charge in [0.25, 0.3) is 0 Å². The van der Waals surface area contributed by atoms with Crippen molar-refractivity contribution in [3.05, 3.63) is 24.0 Å². The van der Waals surface area contributed by atoms with Gasteiger partial charge in [0.15, 0.2) is 5.78 Å². The molecule has 1 heterocycles. The fourth-order valence-corrected chi connectivity index (χ4v) is 1.40. The Labute approximate surface area is 106 Å². The quantitative estimate of drug-likeness (QED) is 0.767. The summed E-state index contributed by atoms with van der Waals surface area (Å²) in [6.07, 6.45) is 3.77. The first kappa shape index (κ1) is 14.0. The van der Waals surface area contributed by atoms with Crippen LogP contribution in [-0.4, -0.2) is 23.4 Å². The lowest BCUT2D eigenvalue weighted by Gasteiger charge is -2.21. The maximum absolute atomic E-state index is 11.7. The number of hydrogen-bond acceptors (Lipinski definition) is 4. The fraction of sp³-hybridized carbons (Fsp3) is 0.462. The van der Waals surface area contributed by atoms with Gasteiger partial charge < -0.3 is 4.74 Å². The van der Waals surface area contributed by atoms with Crippen LogP contribution in [0.1, 0.15) is 20.8 Å². The van der Waals surface area contributed by atoms with Crippen LogP contribution in [0.15, 0.2) is 24.0 Å². The van der Waals surface area contributed by atoms with Crippen LogP contribution in [0, 0.1) is 23.2 Å². The molecule has 96 valence electrons. The molecule has 1 unspecified atom stereocenters. The summed E-state index contributed by atoms with van der Waals surface area (Å²) < 4.78 is 5.04. The monoisotopic (exact) mass is 248 g/mol. The number of ketones is 1. The molecule has 18 heavy (non-hydrogen) atoms. The molecule has 0 radical (unpaired) electrons. The molecule has 0 aromatic rings. The molecule has 5 nitrogen and oxygen atoms in total. The number of ether oxygens (including phenoxy) is 1. The normalized spacial score (nSPS) is 18.3. The van der Waals surface area contributed by atoms with Crippen molar-refractivity contribution in [1.82, 2.24) is 4.90 Å². The summed E-state index contributed by atoms with van der Waals surface area (Å²) in [5, 5.41) is 8.88. The third kappa shape index (κ3) is 3.45. The van der Waals surface area contributed by atoms with Gasteiger partial charge in [-0.15, -0.1) is 0 Å². The first-order valence-corrected chi connectivity index (χ1v) is 5.71. The molecule has 1 atom stereocenters. The zero-order chi connectivity index (χ0) is 13.7. The topological polar surface area (TPSA) is 70.4 Å². The van der Waals surface area contributed by atoms with Gasteiger partial charge in [-0.25, -0.2) is 4.79 Å². The predicted octanol–water partition coefficient (Wildman–Crippen LogP) is 2.22. The third-order valence-corrected chi connectivity index (χ3v) is 2.35. The summed E-state index contributed by atoms with van der Waals surface area (Å²) in [6, 6.07) is 1.99. The average Bonchev–Trinajstić information content (AvgIpc) is 2.34. The number of amides is 1. The molecule has 1 rings (SSSR count). The van der Waals surface area contributed by atoms with E-state index in [9.17, 15) is 9.59 Å². The molecule has 0 aromatic heterocycles. The second kappa shape index (κ2) is 6.01. The first-order chi connectivity index (χ1) is 8.45. The molecule has 0 spiro atoms. The van der Waals surface area contributed by atoms with E-state index >= 15 is 0 Å². The Morgan fingerprint density at radius 3 is 2.72 bits per heavy atom. The molecule has 0 fully saturated rings. The summed E-state index contributed by atoms with van der Waals surface area (Å²) >= 11 is 0. The van der Waals surface area contributed by atoms with Crippen molar-refractivity contribution in [2.24, 2.45) is 11.8 Å². The molecule has 1 aliphatic heterocycles. The van der Waals surface area contributed by atoms with E-state index in [4.69, 9.17) is 10.00 Å². The number of carbonyl (C=O) groups excluding carboxylic acids is 2. The van der Waals surface area contributed by atoms with Gasteiger partial charge in [0.1, 0.15) is 0 Å². The maximum atomic E-state index is 11.7. The zero-order valence-electron chi connectivity index (χ0n) is 10.7. The maximum Gasteiger partial charge on any atom is 0.417 e. The van der Waals surface area contributed by atoms with Crippen LogP contribution in [0.2, 0.25) is 0 Å². The van der Waals surface area contributed by atoms with Gasteiger partial charge in [-0.2, -0.15) is 5.26 Å². The third-order valence-electron chi connectivity index (χ3n) is 2.35. The second-order valence-electron chi connectivity index (χ2n) is 4.47. The van der Waals surface area contributed by atoms with Crippen LogP contribution in [0.4, 0.5) is 4.79 Å². The summed E-state index contributed by atoms with van der Waals surface area (Å²) in [6.45, 7) is 5.55. The number of nitriles is 1. The van der Waals surface area contributed by atoms with E-state index in [2.05, 4.69) is 0 Å². The fourth-order valence-electron chi connectivity index (χ4n) is 1.40. The largest absolute Gasteiger partial charge is 0.449 e. The van der Waals surface area contributed by atoms with Crippen molar-refractivity contribution < 1.29 is 14.3 Å². The molecule has 0 saturated heterocycles. The summed E-state index contributed by atoms with van der Waals surface area (Å²) in [7, 11) is 0. The Hall–Kier alpha value is -2.09. The minimum absolute atomic E-state index is 0.229. The number of nitrogens with zero attached hydrogens (tertiary/aromatic N) is 2. The SMILES string of the molecule is CC(=O)C1=CN(C(=O)OCC(C)C)C=CC1C#N. The minimum atomic E-state index is -0.600. The highest BCUT2D eigenvalue weighted by Gasteiger charge is 2.23.